The summed E-state index contributed by atoms with van der Waals surface area (Å²) in [6, 6.07) is -0.838. The van der Waals surface area contributed by atoms with Crippen LogP contribution in [0.4, 0.5) is 4.79 Å². The van der Waals surface area contributed by atoms with Gasteiger partial charge in [0, 0.05) is 31.5 Å². The van der Waals surface area contributed by atoms with Gasteiger partial charge in [-0.05, 0) is 38.5 Å². The first-order valence-electron chi connectivity index (χ1n) is 19.4. The molecule has 1 atom stereocenters. The number of urea groups is 1. The Morgan fingerprint density at radius 1 is 0.596 bits per heavy atom. The average molecular weight is 667 g/mol. The zero-order valence-corrected chi connectivity index (χ0v) is 31.1. The molecule has 0 spiro atoms. The number of carbonyl (C=O) groups is 3. The van der Waals surface area contributed by atoms with Crippen LogP contribution in [0.5, 0.6) is 0 Å². The van der Waals surface area contributed by atoms with E-state index in [1.165, 1.54) is 136 Å². The maximum absolute atomic E-state index is 12.5. The molecule has 0 aliphatic rings. The largest absolute Gasteiger partial charge is 0.469 e. The molecule has 0 aromatic rings. The summed E-state index contributed by atoms with van der Waals surface area (Å²) >= 11 is 0. The van der Waals surface area contributed by atoms with Crippen molar-refractivity contribution in [3.63, 3.8) is 0 Å². The van der Waals surface area contributed by atoms with Gasteiger partial charge in [0.15, 0.2) is 0 Å². The average Bonchev–Trinajstić information content (AvgIpc) is 3.08. The smallest absolute Gasteiger partial charge is 0.378 e. The lowest BCUT2D eigenvalue weighted by molar-refractivity contribution is -0.149. The van der Waals surface area contributed by atoms with E-state index in [2.05, 4.69) is 30.7 Å². The monoisotopic (exact) mass is 667 g/mol. The van der Waals surface area contributed by atoms with Crippen molar-refractivity contribution in [2.45, 2.75) is 206 Å². The maximum atomic E-state index is 12.5. The standard InChI is InChI=1S/C37H70O4.C2H4N2O2/c1-4-6-8-10-11-12-13-14-15-16-17-18-23-26-30-34-37(39)41-35(31-27-9-7-5-2)32-28-24-21-19-20-22-25-29-33-36(38)40-3;1-3-2(5)4-6/h24,28,35H,4-23,25-27,29-34H2,1-3H3;1H3,(H,3,5)/b28-24-;/t35-;/m1./s1. The topological polar surface area (TPSA) is 111 Å². The lowest BCUT2D eigenvalue weighted by Gasteiger charge is -2.16. The van der Waals surface area contributed by atoms with Gasteiger partial charge in [-0.3, -0.25) is 9.59 Å². The molecule has 2 amide bonds. The summed E-state index contributed by atoms with van der Waals surface area (Å²) in [6.07, 6.45) is 39.0. The van der Waals surface area contributed by atoms with Gasteiger partial charge in [0.25, 0.3) is 0 Å². The molecule has 0 bridgehead atoms. The Balaban J connectivity index is 0. The quantitative estimate of drug-likeness (QED) is 0.0331. The Hall–Kier alpha value is -2.25. The van der Waals surface area contributed by atoms with E-state index in [1.54, 1.807) is 0 Å². The number of nitroso groups, excluding NO2 is 1. The second kappa shape index (κ2) is 39.9. The summed E-state index contributed by atoms with van der Waals surface area (Å²) in [7, 11) is 2.79. The molecular weight excluding hydrogens is 592 g/mol. The number of nitrogens with one attached hydrogen (secondary N) is 1. The van der Waals surface area contributed by atoms with Gasteiger partial charge < -0.3 is 14.8 Å². The van der Waals surface area contributed by atoms with Gasteiger partial charge in [0.05, 0.1) is 7.11 Å². The number of hydrogen-bond donors (Lipinski definition) is 1. The molecule has 1 N–H and O–H groups in total. The second-order valence-corrected chi connectivity index (χ2v) is 12.9. The summed E-state index contributed by atoms with van der Waals surface area (Å²) in [5, 5.41) is 4.00. The van der Waals surface area contributed by atoms with Gasteiger partial charge in [-0.2, -0.15) is 0 Å². The molecule has 0 saturated heterocycles. The normalized spacial score (nSPS) is 11.5. The molecule has 0 radical (unpaired) electrons. The first kappa shape index (κ1) is 46.9. The van der Waals surface area contributed by atoms with Crippen LogP contribution in [-0.4, -0.2) is 38.2 Å². The van der Waals surface area contributed by atoms with Gasteiger partial charge in [-0.1, -0.05) is 154 Å². The molecule has 47 heavy (non-hydrogen) atoms. The fourth-order valence-corrected chi connectivity index (χ4v) is 5.48. The molecule has 276 valence electrons. The fourth-order valence-electron chi connectivity index (χ4n) is 5.48. The maximum Gasteiger partial charge on any atom is 0.378 e. The summed E-state index contributed by atoms with van der Waals surface area (Å²) in [4.78, 5) is 42.3. The Bertz CT molecular complexity index is 743. The zero-order chi connectivity index (χ0) is 35.1. The molecule has 0 unspecified atom stereocenters. The Morgan fingerprint density at radius 3 is 1.45 bits per heavy atom. The third kappa shape index (κ3) is 39.8. The van der Waals surface area contributed by atoms with Crippen LogP contribution in [0.2, 0.25) is 0 Å². The SMILES string of the molecule is CCCCCCCCCCCCCCCCCC(=O)O[C@@H](C/C=C\CCCCCCCC(=O)OC)CCCCCC.CNC(=O)N=O. The predicted octanol–water partition coefficient (Wildman–Crippen LogP) is 12.1. The van der Waals surface area contributed by atoms with E-state index in [0.717, 1.165) is 51.4 Å². The minimum Gasteiger partial charge on any atom is -0.469 e. The van der Waals surface area contributed by atoms with E-state index in [0.29, 0.717) is 12.8 Å². The van der Waals surface area contributed by atoms with E-state index in [4.69, 9.17) is 9.64 Å². The highest BCUT2D eigenvalue weighted by Gasteiger charge is 2.13. The van der Waals surface area contributed by atoms with Crippen LogP contribution in [-0.2, 0) is 19.1 Å². The van der Waals surface area contributed by atoms with Crippen LogP contribution >= 0.6 is 0 Å². The first-order valence-corrected chi connectivity index (χ1v) is 19.4. The number of ether oxygens (including phenoxy) is 2. The third-order valence-corrected chi connectivity index (χ3v) is 8.50. The fraction of sp³-hybridized carbons (Fsp3) is 0.872. The van der Waals surface area contributed by atoms with Crippen LogP contribution in [0.25, 0.3) is 0 Å². The lowest BCUT2D eigenvalue weighted by atomic mass is 10.0. The van der Waals surface area contributed by atoms with E-state index in [9.17, 15) is 14.4 Å². The molecule has 0 aliphatic heterocycles. The second-order valence-electron chi connectivity index (χ2n) is 12.9. The number of rotatable bonds is 32. The van der Waals surface area contributed by atoms with Crippen molar-refractivity contribution >= 4 is 18.0 Å². The molecule has 8 heteroatoms. The molecular formula is C39H74N2O6. The van der Waals surface area contributed by atoms with Gasteiger partial charge in [-0.25, -0.2) is 4.79 Å². The van der Waals surface area contributed by atoms with Crippen molar-refractivity contribution in [2.24, 2.45) is 5.18 Å². The number of unbranched alkanes of at least 4 members (excludes halogenated alkanes) is 22. The Morgan fingerprint density at radius 2 is 1.02 bits per heavy atom. The number of allylic oxidation sites excluding steroid dienone is 1. The number of esters is 2. The molecule has 0 aromatic carbocycles. The number of hydrogen-bond acceptors (Lipinski definition) is 6. The van der Waals surface area contributed by atoms with Crippen LogP contribution in [0.15, 0.2) is 17.3 Å². The van der Waals surface area contributed by atoms with Gasteiger partial charge in [-0.15, -0.1) is 4.91 Å². The molecule has 0 fully saturated rings. The van der Waals surface area contributed by atoms with Crippen molar-refractivity contribution in [1.82, 2.24) is 5.32 Å². The van der Waals surface area contributed by atoms with Crippen molar-refractivity contribution in [1.29, 1.82) is 0 Å². The minimum atomic E-state index is -0.838. The van der Waals surface area contributed by atoms with Crippen LogP contribution in [0, 0.1) is 4.91 Å². The van der Waals surface area contributed by atoms with Gasteiger partial charge >= 0.3 is 18.0 Å². The molecule has 0 aromatic heterocycles. The highest BCUT2D eigenvalue weighted by molar-refractivity contribution is 5.74. The van der Waals surface area contributed by atoms with Crippen LogP contribution in [0.3, 0.4) is 0 Å². The number of amides is 2. The van der Waals surface area contributed by atoms with Crippen molar-refractivity contribution in [3.05, 3.63) is 17.1 Å². The molecule has 8 nitrogen and oxygen atoms in total. The lowest BCUT2D eigenvalue weighted by Crippen LogP contribution is -2.17. The van der Waals surface area contributed by atoms with Crippen molar-refractivity contribution in [2.75, 3.05) is 14.2 Å². The minimum absolute atomic E-state index is 0.000500. The molecule has 0 aliphatic carbocycles. The van der Waals surface area contributed by atoms with Crippen LogP contribution < -0.4 is 5.32 Å². The number of nitrogens with zero attached hydrogens (tertiary/aromatic N) is 1. The zero-order valence-electron chi connectivity index (χ0n) is 31.1. The third-order valence-electron chi connectivity index (χ3n) is 8.50. The number of carbonyl (C=O) groups excluding carboxylic acids is 3. The van der Waals surface area contributed by atoms with E-state index in [-0.39, 0.29) is 18.0 Å². The van der Waals surface area contributed by atoms with Crippen molar-refractivity contribution < 1.29 is 23.9 Å². The first-order chi connectivity index (χ1) is 22.9. The molecule has 0 rings (SSSR count). The van der Waals surface area contributed by atoms with E-state index in [1.807, 2.05) is 10.5 Å². The van der Waals surface area contributed by atoms with E-state index >= 15 is 0 Å². The highest BCUT2D eigenvalue weighted by Crippen LogP contribution is 2.17. The summed E-state index contributed by atoms with van der Waals surface area (Å²) in [5.41, 5.74) is 0. The van der Waals surface area contributed by atoms with E-state index < -0.39 is 6.03 Å². The van der Waals surface area contributed by atoms with Gasteiger partial charge in [0.1, 0.15) is 6.10 Å². The Labute approximate surface area is 289 Å². The van der Waals surface area contributed by atoms with Gasteiger partial charge in [0.2, 0.25) is 0 Å². The van der Waals surface area contributed by atoms with Crippen molar-refractivity contribution in [3.8, 4) is 0 Å². The summed E-state index contributed by atoms with van der Waals surface area (Å²) in [6.45, 7) is 4.52. The Kier molecular flexibility index (Phi) is 39.8. The number of methoxy groups -OCH3 is 1. The van der Waals surface area contributed by atoms with Crippen LogP contribution in [0.1, 0.15) is 200 Å². The summed E-state index contributed by atoms with van der Waals surface area (Å²) in [5.74, 6) is -0.103. The summed E-state index contributed by atoms with van der Waals surface area (Å²) < 4.78 is 10.6. The molecule has 0 heterocycles. The molecule has 0 saturated carbocycles. The highest BCUT2D eigenvalue weighted by atomic mass is 16.5. The predicted molar refractivity (Wildman–Crippen MR) is 197 cm³/mol.